The van der Waals surface area contributed by atoms with E-state index in [-0.39, 0.29) is 17.6 Å². The van der Waals surface area contributed by atoms with Crippen LogP contribution < -0.4 is 5.32 Å². The highest BCUT2D eigenvalue weighted by molar-refractivity contribution is 7.99. The van der Waals surface area contributed by atoms with Crippen molar-refractivity contribution in [1.29, 1.82) is 0 Å². The second-order valence-corrected chi connectivity index (χ2v) is 7.15. The Hall–Kier alpha value is -2.45. The first-order valence-electron chi connectivity index (χ1n) is 7.56. The first kappa shape index (κ1) is 17.4. The third-order valence-electron chi connectivity index (χ3n) is 3.46. The first-order valence-corrected chi connectivity index (χ1v) is 9.42. The number of benzene rings is 1. The van der Waals surface area contributed by atoms with Crippen LogP contribution >= 0.6 is 23.1 Å². The topological polar surface area (TPSA) is 76.9 Å². The van der Waals surface area contributed by atoms with Gasteiger partial charge in [0.25, 0.3) is 5.91 Å². The van der Waals surface area contributed by atoms with Crippen LogP contribution in [0.2, 0.25) is 0 Å². The number of nitrogens with one attached hydrogen (secondary N) is 1. The van der Waals surface area contributed by atoms with E-state index >= 15 is 0 Å². The van der Waals surface area contributed by atoms with Crippen molar-refractivity contribution >= 4 is 34.9 Å². The number of imide groups is 1. The minimum Gasteiger partial charge on any atom is -0.309 e. The summed E-state index contributed by atoms with van der Waals surface area (Å²) in [5.74, 6) is 0.206. The van der Waals surface area contributed by atoms with E-state index < -0.39 is 0 Å². The molecule has 2 aromatic heterocycles. The zero-order chi connectivity index (χ0) is 17.6. The molecule has 2 amide bonds. The van der Waals surface area contributed by atoms with Gasteiger partial charge in [0.15, 0.2) is 5.16 Å². The van der Waals surface area contributed by atoms with Crippen molar-refractivity contribution in [2.75, 3.05) is 5.75 Å². The molecular weight excluding hydrogens is 356 g/mol. The standard InChI is InChI=1S/C17H16N4O2S2/c1-21-14(10-12-6-3-2-4-7-12)19-20-17(21)25-11-15(22)18-16(23)13-8-5-9-24-13/h2-9H,10-11H2,1H3,(H,18,22,23). The number of thioether (sulfide) groups is 1. The lowest BCUT2D eigenvalue weighted by atomic mass is 10.1. The van der Waals surface area contributed by atoms with Crippen molar-refractivity contribution in [2.24, 2.45) is 7.05 Å². The molecule has 0 spiro atoms. The number of amides is 2. The molecule has 0 fully saturated rings. The van der Waals surface area contributed by atoms with Crippen LogP contribution in [0.1, 0.15) is 21.1 Å². The van der Waals surface area contributed by atoms with Crippen LogP contribution in [0.4, 0.5) is 0 Å². The molecule has 0 radical (unpaired) electrons. The molecule has 0 saturated carbocycles. The predicted molar refractivity (Wildman–Crippen MR) is 97.8 cm³/mol. The van der Waals surface area contributed by atoms with Crippen molar-refractivity contribution in [3.63, 3.8) is 0 Å². The summed E-state index contributed by atoms with van der Waals surface area (Å²) in [4.78, 5) is 24.3. The van der Waals surface area contributed by atoms with E-state index in [4.69, 9.17) is 0 Å². The third-order valence-corrected chi connectivity index (χ3v) is 5.35. The fourth-order valence-electron chi connectivity index (χ4n) is 2.17. The van der Waals surface area contributed by atoms with Gasteiger partial charge in [-0.15, -0.1) is 21.5 Å². The third kappa shape index (κ3) is 4.55. The normalized spacial score (nSPS) is 10.6. The molecular formula is C17H16N4O2S2. The molecule has 0 aliphatic carbocycles. The summed E-state index contributed by atoms with van der Waals surface area (Å²) in [6, 6.07) is 13.5. The number of aromatic nitrogens is 3. The molecule has 6 nitrogen and oxygen atoms in total. The molecule has 0 bridgehead atoms. The number of carbonyl (C=O) groups is 2. The number of carbonyl (C=O) groups excluding carboxylic acids is 2. The van der Waals surface area contributed by atoms with Crippen LogP contribution in [0.5, 0.6) is 0 Å². The van der Waals surface area contributed by atoms with E-state index in [0.717, 1.165) is 11.4 Å². The van der Waals surface area contributed by atoms with Gasteiger partial charge in [0.2, 0.25) is 5.91 Å². The molecule has 1 aromatic carbocycles. The number of thiophene rings is 1. The Labute approximate surface area is 153 Å². The Morgan fingerprint density at radius 3 is 2.68 bits per heavy atom. The van der Waals surface area contributed by atoms with Crippen LogP contribution in [0.3, 0.4) is 0 Å². The van der Waals surface area contributed by atoms with Gasteiger partial charge in [0.05, 0.1) is 10.6 Å². The largest absolute Gasteiger partial charge is 0.309 e. The summed E-state index contributed by atoms with van der Waals surface area (Å²) in [5, 5.41) is 13.1. The minimum atomic E-state index is -0.372. The van der Waals surface area contributed by atoms with Crippen LogP contribution in [-0.2, 0) is 18.3 Å². The zero-order valence-corrected chi connectivity index (χ0v) is 15.1. The highest BCUT2D eigenvalue weighted by Gasteiger charge is 2.14. The Morgan fingerprint density at radius 1 is 1.16 bits per heavy atom. The van der Waals surface area contributed by atoms with Crippen molar-refractivity contribution < 1.29 is 9.59 Å². The van der Waals surface area contributed by atoms with Crippen LogP contribution in [0.15, 0.2) is 53.0 Å². The van der Waals surface area contributed by atoms with Gasteiger partial charge in [0.1, 0.15) is 5.82 Å². The summed E-state index contributed by atoms with van der Waals surface area (Å²) in [5.41, 5.74) is 1.15. The smallest absolute Gasteiger partial charge is 0.267 e. The van der Waals surface area contributed by atoms with E-state index in [9.17, 15) is 9.59 Å². The monoisotopic (exact) mass is 372 g/mol. The summed E-state index contributed by atoms with van der Waals surface area (Å²) >= 11 is 2.55. The van der Waals surface area contributed by atoms with Crippen LogP contribution in [0, 0.1) is 0 Å². The van der Waals surface area contributed by atoms with E-state index in [0.29, 0.717) is 16.5 Å². The van der Waals surface area contributed by atoms with Gasteiger partial charge >= 0.3 is 0 Å². The summed E-state index contributed by atoms with van der Waals surface area (Å²) in [6.07, 6.45) is 0.675. The van der Waals surface area contributed by atoms with Gasteiger partial charge in [-0.3, -0.25) is 14.9 Å². The SMILES string of the molecule is Cn1c(Cc2ccccc2)nnc1SCC(=O)NC(=O)c1cccs1. The molecule has 8 heteroatoms. The average Bonchev–Trinajstić information content (AvgIpc) is 3.26. The predicted octanol–water partition coefficient (Wildman–Crippen LogP) is 2.52. The molecule has 0 atom stereocenters. The Morgan fingerprint density at radius 2 is 1.96 bits per heavy atom. The summed E-state index contributed by atoms with van der Waals surface area (Å²) < 4.78 is 1.87. The molecule has 0 saturated heterocycles. The lowest BCUT2D eigenvalue weighted by molar-refractivity contribution is -0.117. The van der Waals surface area contributed by atoms with Crippen molar-refractivity contribution in [3.8, 4) is 0 Å². The van der Waals surface area contributed by atoms with Crippen molar-refractivity contribution in [2.45, 2.75) is 11.6 Å². The van der Waals surface area contributed by atoms with Crippen LogP contribution in [-0.4, -0.2) is 32.3 Å². The van der Waals surface area contributed by atoms with E-state index in [1.54, 1.807) is 17.5 Å². The molecule has 3 aromatic rings. The Bertz CT molecular complexity index is 860. The van der Waals surface area contributed by atoms with E-state index in [2.05, 4.69) is 15.5 Å². The van der Waals surface area contributed by atoms with E-state index in [1.807, 2.05) is 41.9 Å². The Kier molecular flexibility index (Phi) is 5.62. The van der Waals surface area contributed by atoms with Gasteiger partial charge in [0, 0.05) is 13.5 Å². The lowest BCUT2D eigenvalue weighted by Crippen LogP contribution is -2.31. The van der Waals surface area contributed by atoms with Gasteiger partial charge in [-0.25, -0.2) is 0 Å². The van der Waals surface area contributed by atoms with Gasteiger partial charge in [-0.2, -0.15) is 0 Å². The Balaban J connectivity index is 1.55. The molecule has 25 heavy (non-hydrogen) atoms. The van der Waals surface area contributed by atoms with Gasteiger partial charge in [-0.1, -0.05) is 48.2 Å². The molecule has 0 aliphatic rings. The lowest BCUT2D eigenvalue weighted by Gasteiger charge is -2.04. The number of hydrogen-bond donors (Lipinski definition) is 1. The molecule has 0 aliphatic heterocycles. The zero-order valence-electron chi connectivity index (χ0n) is 13.5. The highest BCUT2D eigenvalue weighted by Crippen LogP contribution is 2.17. The molecule has 128 valence electrons. The van der Waals surface area contributed by atoms with Crippen LogP contribution in [0.25, 0.3) is 0 Å². The maximum atomic E-state index is 11.9. The van der Waals surface area contributed by atoms with Gasteiger partial charge < -0.3 is 4.57 Å². The van der Waals surface area contributed by atoms with Gasteiger partial charge in [-0.05, 0) is 17.0 Å². The highest BCUT2D eigenvalue weighted by atomic mass is 32.2. The molecule has 0 unspecified atom stereocenters. The quantitative estimate of drug-likeness (QED) is 0.673. The second kappa shape index (κ2) is 8.09. The number of rotatable bonds is 6. The first-order chi connectivity index (χ1) is 12.1. The minimum absolute atomic E-state index is 0.106. The summed E-state index contributed by atoms with van der Waals surface area (Å²) in [6.45, 7) is 0. The molecule has 3 rings (SSSR count). The molecule has 2 heterocycles. The fraction of sp³-hybridized carbons (Fsp3) is 0.176. The summed E-state index contributed by atoms with van der Waals surface area (Å²) in [7, 11) is 1.87. The maximum absolute atomic E-state index is 11.9. The number of hydrogen-bond acceptors (Lipinski definition) is 6. The maximum Gasteiger partial charge on any atom is 0.267 e. The second-order valence-electron chi connectivity index (χ2n) is 5.26. The average molecular weight is 372 g/mol. The fourth-order valence-corrected chi connectivity index (χ4v) is 3.51. The van der Waals surface area contributed by atoms with Crippen molar-refractivity contribution in [1.82, 2.24) is 20.1 Å². The molecule has 1 N–H and O–H groups in total. The number of nitrogens with zero attached hydrogens (tertiary/aromatic N) is 3. The van der Waals surface area contributed by atoms with Crippen molar-refractivity contribution in [3.05, 3.63) is 64.1 Å². The van der Waals surface area contributed by atoms with E-state index in [1.165, 1.54) is 23.1 Å².